The van der Waals surface area contributed by atoms with E-state index in [9.17, 15) is 14.4 Å². The number of carbonyl (C=O) groups excluding carboxylic acids is 1. The van der Waals surface area contributed by atoms with Gasteiger partial charge in [-0.1, -0.05) is 23.4 Å². The number of fused-ring (bicyclic) bond motifs is 1. The molecule has 5 rings (SSSR count). The number of amides is 1. The molecule has 3 aromatic heterocycles. The second-order valence-electron chi connectivity index (χ2n) is 7.99. The second-order valence-corrected chi connectivity index (χ2v) is 7.99. The van der Waals surface area contributed by atoms with Crippen molar-refractivity contribution < 1.29 is 9.53 Å². The summed E-state index contributed by atoms with van der Waals surface area (Å²) >= 11 is 0. The van der Waals surface area contributed by atoms with Gasteiger partial charge in [-0.2, -0.15) is 0 Å². The molecular weight excluding hydrogens is 428 g/mol. The minimum atomic E-state index is -0.479. The Morgan fingerprint density at radius 1 is 1.12 bits per heavy atom. The summed E-state index contributed by atoms with van der Waals surface area (Å²) < 4.78 is 11.2. The van der Waals surface area contributed by atoms with E-state index in [4.69, 9.17) is 4.74 Å². The molecule has 170 valence electrons. The van der Waals surface area contributed by atoms with Crippen molar-refractivity contribution in [3.8, 4) is 5.75 Å². The lowest BCUT2D eigenvalue weighted by Crippen LogP contribution is -2.52. The molecular formula is C21H22N8O4. The molecule has 1 aliphatic heterocycles. The topological polar surface area (TPSA) is 122 Å². The highest BCUT2D eigenvalue weighted by molar-refractivity contribution is 5.79. The average molecular weight is 450 g/mol. The highest BCUT2D eigenvalue weighted by atomic mass is 16.5. The molecule has 0 spiro atoms. The Balaban J connectivity index is 1.21. The van der Waals surface area contributed by atoms with Gasteiger partial charge >= 0.3 is 5.69 Å². The van der Waals surface area contributed by atoms with E-state index in [1.165, 1.54) is 22.5 Å². The van der Waals surface area contributed by atoms with Crippen molar-refractivity contribution in [1.29, 1.82) is 0 Å². The van der Waals surface area contributed by atoms with Crippen molar-refractivity contribution >= 4 is 17.1 Å². The molecule has 1 fully saturated rings. The molecule has 0 saturated carbocycles. The lowest BCUT2D eigenvalue weighted by molar-refractivity contribution is -0.137. The first-order valence-corrected chi connectivity index (χ1v) is 10.4. The lowest BCUT2D eigenvalue weighted by Gasteiger charge is -2.38. The van der Waals surface area contributed by atoms with Gasteiger partial charge in [-0.15, -0.1) is 5.10 Å². The monoisotopic (exact) mass is 450 g/mol. The van der Waals surface area contributed by atoms with Crippen molar-refractivity contribution in [3.05, 3.63) is 69.4 Å². The van der Waals surface area contributed by atoms with Crippen molar-refractivity contribution in [2.75, 3.05) is 13.1 Å². The number of nitrogens with zero attached hydrogens (tertiary/aromatic N) is 8. The highest BCUT2D eigenvalue weighted by Crippen LogP contribution is 2.21. The van der Waals surface area contributed by atoms with Crippen LogP contribution in [-0.4, -0.2) is 57.6 Å². The summed E-state index contributed by atoms with van der Waals surface area (Å²) in [7, 11) is 2.95. The predicted molar refractivity (Wildman–Crippen MR) is 117 cm³/mol. The zero-order chi connectivity index (χ0) is 23.1. The Morgan fingerprint density at radius 3 is 2.64 bits per heavy atom. The third kappa shape index (κ3) is 3.69. The van der Waals surface area contributed by atoms with Crippen LogP contribution in [0.4, 0.5) is 0 Å². The van der Waals surface area contributed by atoms with E-state index in [0.29, 0.717) is 25.4 Å². The smallest absolute Gasteiger partial charge is 0.332 e. The number of carbonyl (C=O) groups is 1. The van der Waals surface area contributed by atoms with Gasteiger partial charge in [0.05, 0.1) is 18.6 Å². The number of hydrogen-bond donors (Lipinski definition) is 0. The summed E-state index contributed by atoms with van der Waals surface area (Å²) in [6.45, 7) is 1.25. The fraction of sp³-hybridized carbons (Fsp3) is 0.333. The first kappa shape index (κ1) is 20.7. The predicted octanol–water partition coefficient (Wildman–Crippen LogP) is -0.312. The molecule has 4 heterocycles. The fourth-order valence-corrected chi connectivity index (χ4v) is 3.82. The van der Waals surface area contributed by atoms with Gasteiger partial charge in [0, 0.05) is 27.2 Å². The van der Waals surface area contributed by atoms with Gasteiger partial charge in [0.25, 0.3) is 5.56 Å². The van der Waals surface area contributed by atoms with E-state index in [2.05, 4.69) is 15.3 Å². The molecule has 0 aliphatic carbocycles. The van der Waals surface area contributed by atoms with Gasteiger partial charge in [-0.3, -0.25) is 18.7 Å². The molecule has 0 atom stereocenters. The van der Waals surface area contributed by atoms with E-state index in [0.717, 1.165) is 10.3 Å². The molecule has 0 unspecified atom stereocenters. The number of hydrogen-bond acceptors (Lipinski definition) is 7. The summed E-state index contributed by atoms with van der Waals surface area (Å²) in [6, 6.07) is 9.50. The van der Waals surface area contributed by atoms with Gasteiger partial charge in [-0.05, 0) is 12.1 Å². The van der Waals surface area contributed by atoms with Crippen LogP contribution in [0.3, 0.4) is 0 Å². The molecule has 0 N–H and O–H groups in total. The highest BCUT2D eigenvalue weighted by Gasteiger charge is 2.33. The second kappa shape index (κ2) is 8.04. The molecule has 33 heavy (non-hydrogen) atoms. The van der Waals surface area contributed by atoms with E-state index < -0.39 is 11.2 Å². The third-order valence-electron chi connectivity index (χ3n) is 5.80. The minimum Gasteiger partial charge on any atom is -0.487 e. The fourth-order valence-electron chi connectivity index (χ4n) is 3.82. The zero-order valence-corrected chi connectivity index (χ0v) is 18.2. The molecule has 1 aliphatic rings. The summed E-state index contributed by atoms with van der Waals surface area (Å²) in [5.74, 6) is 0.614. The minimum absolute atomic E-state index is 0.0279. The van der Waals surface area contributed by atoms with Crippen molar-refractivity contribution in [3.63, 3.8) is 0 Å². The molecule has 0 radical (unpaired) electrons. The first-order chi connectivity index (χ1) is 15.9. The van der Waals surface area contributed by atoms with Gasteiger partial charge in [0.15, 0.2) is 11.2 Å². The molecule has 4 aromatic rings. The Hall–Kier alpha value is -4.22. The molecule has 0 bridgehead atoms. The van der Waals surface area contributed by atoms with Crippen LogP contribution in [0.1, 0.15) is 11.7 Å². The maximum Gasteiger partial charge on any atom is 0.332 e. The van der Waals surface area contributed by atoms with E-state index >= 15 is 0 Å². The number of rotatable bonds is 6. The summed E-state index contributed by atoms with van der Waals surface area (Å²) in [6.07, 6.45) is 3.24. The SMILES string of the molecule is Cn1c(=O)c2c(ncn2CC(=O)N2CC(n3cc(COc4ccccc4)nn3)C2)n(C)c1=O. The first-order valence-electron chi connectivity index (χ1n) is 10.4. The van der Waals surface area contributed by atoms with E-state index in [1.807, 2.05) is 36.5 Å². The summed E-state index contributed by atoms with van der Waals surface area (Å²) in [5, 5.41) is 8.30. The Bertz CT molecular complexity index is 1440. The Kier molecular flexibility index (Phi) is 5.04. The van der Waals surface area contributed by atoms with Crippen LogP contribution in [-0.2, 0) is 32.0 Å². The van der Waals surface area contributed by atoms with Crippen LogP contribution in [0.25, 0.3) is 11.2 Å². The lowest BCUT2D eigenvalue weighted by atomic mass is 10.1. The largest absolute Gasteiger partial charge is 0.487 e. The summed E-state index contributed by atoms with van der Waals surface area (Å²) in [5.41, 5.74) is 0.244. The maximum atomic E-state index is 12.8. The quantitative estimate of drug-likeness (QED) is 0.395. The number of benzene rings is 1. The zero-order valence-electron chi connectivity index (χ0n) is 18.2. The molecule has 1 aromatic carbocycles. The van der Waals surface area contributed by atoms with Gasteiger partial charge in [0.1, 0.15) is 24.6 Å². The summed E-state index contributed by atoms with van der Waals surface area (Å²) in [4.78, 5) is 43.2. The third-order valence-corrected chi connectivity index (χ3v) is 5.80. The van der Waals surface area contributed by atoms with Crippen LogP contribution in [0, 0.1) is 0 Å². The van der Waals surface area contributed by atoms with Crippen LogP contribution < -0.4 is 16.0 Å². The number of imidazole rings is 1. The van der Waals surface area contributed by atoms with Crippen LogP contribution in [0.5, 0.6) is 5.75 Å². The molecule has 1 saturated heterocycles. The van der Waals surface area contributed by atoms with E-state index in [1.54, 1.807) is 16.6 Å². The number of aromatic nitrogens is 7. The Labute approximate surface area is 187 Å². The Morgan fingerprint density at radius 2 is 1.88 bits per heavy atom. The van der Waals surface area contributed by atoms with Crippen molar-refractivity contribution in [2.45, 2.75) is 19.2 Å². The van der Waals surface area contributed by atoms with Crippen molar-refractivity contribution in [2.24, 2.45) is 14.1 Å². The van der Waals surface area contributed by atoms with Crippen LogP contribution in [0.2, 0.25) is 0 Å². The average Bonchev–Trinajstić information content (AvgIpc) is 3.42. The van der Waals surface area contributed by atoms with Crippen LogP contribution in [0.15, 0.2) is 52.4 Å². The molecule has 12 nitrogen and oxygen atoms in total. The molecule has 12 heteroatoms. The number of aryl methyl sites for hydroxylation is 1. The standard InChI is InChI=1S/C21H22N8O4/c1-25-19-18(20(31)26(2)21(25)32)28(13-22-19)11-17(30)27-9-15(10-27)29-8-14(23-24-29)12-33-16-6-4-3-5-7-16/h3-8,13,15H,9-12H2,1-2H3. The number of likely N-dealkylation sites (tertiary alicyclic amines) is 1. The van der Waals surface area contributed by atoms with Crippen molar-refractivity contribution in [1.82, 2.24) is 38.6 Å². The molecule has 1 amide bonds. The van der Waals surface area contributed by atoms with Gasteiger partial charge < -0.3 is 14.2 Å². The van der Waals surface area contributed by atoms with Gasteiger partial charge in [-0.25, -0.2) is 14.5 Å². The number of para-hydroxylation sites is 1. The maximum absolute atomic E-state index is 12.8. The van der Waals surface area contributed by atoms with E-state index in [-0.39, 0.29) is 29.7 Å². The normalized spacial score (nSPS) is 13.9. The number of ether oxygens (including phenoxy) is 1. The van der Waals surface area contributed by atoms with Crippen LogP contribution >= 0.6 is 0 Å². The van der Waals surface area contributed by atoms with Gasteiger partial charge in [0.2, 0.25) is 5.91 Å².